The Hall–Kier alpha value is 0.0106. The maximum absolute atomic E-state index is 10.7. The summed E-state index contributed by atoms with van der Waals surface area (Å²) in [6, 6.07) is 1.73. The zero-order valence-electron chi connectivity index (χ0n) is 29.5. The van der Waals surface area contributed by atoms with Gasteiger partial charge < -0.3 is 69.4 Å². The van der Waals surface area contributed by atoms with Crippen molar-refractivity contribution in [2.45, 2.75) is 55.7 Å². The molecular weight excluding hydrogens is 663 g/mol. The van der Waals surface area contributed by atoms with Crippen molar-refractivity contribution in [1.29, 1.82) is 0 Å². The van der Waals surface area contributed by atoms with Crippen LogP contribution in [0, 0.1) is 0 Å². The molecule has 0 aliphatic heterocycles. The standard InChI is InChI=1S/C27H63NO15Si3/c1-32-44(33-2,34-3)16-10-13-41-22-25(29)19-28(20-26(30)23-42-14-11-17-45(35-4,36-5)37-6)21-27(31)24-43-15-12-18-46(38-7,39-8)40-9/h25-27,29-31H,10-24H2,1-9H3. The van der Waals surface area contributed by atoms with Crippen LogP contribution >= 0.6 is 0 Å². The lowest BCUT2D eigenvalue weighted by Crippen LogP contribution is -2.45. The van der Waals surface area contributed by atoms with Gasteiger partial charge in [0.15, 0.2) is 0 Å². The van der Waals surface area contributed by atoms with E-state index in [9.17, 15) is 15.3 Å². The van der Waals surface area contributed by atoms with Gasteiger partial charge in [0.05, 0.1) is 38.1 Å². The largest absolute Gasteiger partial charge is 0.500 e. The van der Waals surface area contributed by atoms with Gasteiger partial charge >= 0.3 is 26.4 Å². The van der Waals surface area contributed by atoms with Gasteiger partial charge in [-0.1, -0.05) is 0 Å². The first-order chi connectivity index (χ1) is 22.0. The fourth-order valence-corrected chi connectivity index (χ4v) is 9.84. The molecule has 0 aliphatic carbocycles. The number of rotatable bonds is 33. The zero-order chi connectivity index (χ0) is 34.9. The molecule has 46 heavy (non-hydrogen) atoms. The minimum absolute atomic E-state index is 0.0749. The van der Waals surface area contributed by atoms with Crippen molar-refractivity contribution < 1.29 is 69.4 Å². The SMILES string of the molecule is CO[Si](CCCOCC(O)CN(CC(O)COCCC[Si](OC)(OC)OC)CC(O)COCCC[Si](OC)(OC)OC)(OC)OC. The molecule has 0 saturated carbocycles. The first kappa shape index (κ1) is 46.0. The Morgan fingerprint density at radius 3 is 0.826 bits per heavy atom. The third kappa shape index (κ3) is 18.7. The summed E-state index contributed by atoms with van der Waals surface area (Å²) in [5.74, 6) is 0. The van der Waals surface area contributed by atoms with E-state index in [1.807, 2.05) is 0 Å². The van der Waals surface area contributed by atoms with Gasteiger partial charge in [0.1, 0.15) is 0 Å². The highest BCUT2D eigenvalue weighted by atomic mass is 28.4. The summed E-state index contributed by atoms with van der Waals surface area (Å²) < 4.78 is 65.8. The van der Waals surface area contributed by atoms with Crippen molar-refractivity contribution in [3.63, 3.8) is 0 Å². The van der Waals surface area contributed by atoms with Gasteiger partial charge in [-0.2, -0.15) is 0 Å². The molecule has 3 unspecified atom stereocenters. The van der Waals surface area contributed by atoms with E-state index >= 15 is 0 Å². The van der Waals surface area contributed by atoms with Crippen molar-refractivity contribution in [3.05, 3.63) is 0 Å². The summed E-state index contributed by atoms with van der Waals surface area (Å²) in [5.41, 5.74) is 0. The van der Waals surface area contributed by atoms with Crippen LogP contribution in [0.5, 0.6) is 0 Å². The molecule has 278 valence electrons. The maximum atomic E-state index is 10.7. The molecule has 16 nitrogen and oxygen atoms in total. The van der Waals surface area contributed by atoms with E-state index in [1.54, 1.807) is 68.9 Å². The highest BCUT2D eigenvalue weighted by Crippen LogP contribution is 2.17. The van der Waals surface area contributed by atoms with Gasteiger partial charge in [-0.05, 0) is 19.3 Å². The normalized spacial score (nSPS) is 15.1. The molecule has 0 radical (unpaired) electrons. The summed E-state index contributed by atoms with van der Waals surface area (Å²) in [6.07, 6.45) is -0.677. The van der Waals surface area contributed by atoms with E-state index in [2.05, 4.69) is 0 Å². The average molecular weight is 726 g/mol. The molecule has 0 aliphatic rings. The Balaban J connectivity index is 4.89. The third-order valence-electron chi connectivity index (χ3n) is 7.45. The number of hydrogen-bond acceptors (Lipinski definition) is 16. The van der Waals surface area contributed by atoms with Gasteiger partial charge in [0.25, 0.3) is 0 Å². The Labute approximate surface area is 279 Å². The summed E-state index contributed by atoms with van der Waals surface area (Å²) in [6.45, 7) is 1.86. The number of aliphatic hydroxyl groups is 3. The summed E-state index contributed by atoms with van der Waals surface area (Å²) >= 11 is 0. The fraction of sp³-hybridized carbons (Fsp3) is 1.00. The lowest BCUT2D eigenvalue weighted by molar-refractivity contribution is -0.0325. The number of hydrogen-bond donors (Lipinski definition) is 3. The molecular formula is C27H63NO15Si3. The van der Waals surface area contributed by atoms with Gasteiger partial charge in [-0.25, -0.2) is 0 Å². The summed E-state index contributed by atoms with van der Waals surface area (Å²) in [4.78, 5) is 1.77. The van der Waals surface area contributed by atoms with Crippen molar-refractivity contribution in [1.82, 2.24) is 4.90 Å². The predicted molar refractivity (Wildman–Crippen MR) is 176 cm³/mol. The minimum atomic E-state index is -2.69. The van der Waals surface area contributed by atoms with E-state index in [1.165, 1.54) is 0 Å². The van der Waals surface area contributed by atoms with Crippen LogP contribution in [0.2, 0.25) is 18.1 Å². The maximum Gasteiger partial charge on any atom is 0.500 e. The second kappa shape index (κ2) is 26.8. The van der Waals surface area contributed by atoms with Crippen molar-refractivity contribution in [2.24, 2.45) is 0 Å². The van der Waals surface area contributed by atoms with Crippen LogP contribution in [0.15, 0.2) is 0 Å². The van der Waals surface area contributed by atoms with Crippen LogP contribution in [0.4, 0.5) is 0 Å². The molecule has 0 amide bonds. The zero-order valence-corrected chi connectivity index (χ0v) is 32.5. The van der Waals surface area contributed by atoms with Crippen LogP contribution in [0.3, 0.4) is 0 Å². The van der Waals surface area contributed by atoms with Gasteiger partial charge in [-0.15, -0.1) is 0 Å². The lowest BCUT2D eigenvalue weighted by Gasteiger charge is -2.29. The number of aliphatic hydroxyl groups excluding tert-OH is 3. The Morgan fingerprint density at radius 1 is 0.413 bits per heavy atom. The molecule has 0 fully saturated rings. The molecule has 0 aromatic rings. The average Bonchev–Trinajstić information content (AvgIpc) is 3.07. The molecule has 19 heteroatoms. The smallest absolute Gasteiger partial charge is 0.389 e. The predicted octanol–water partition coefficient (Wildman–Crippen LogP) is 0.226. The van der Waals surface area contributed by atoms with E-state index in [-0.39, 0.29) is 39.5 Å². The fourth-order valence-electron chi connectivity index (χ4n) is 4.77. The third-order valence-corrected chi connectivity index (χ3v) is 15.9. The van der Waals surface area contributed by atoms with Crippen LogP contribution < -0.4 is 0 Å². The van der Waals surface area contributed by atoms with Crippen LogP contribution in [-0.2, 0) is 54.0 Å². The van der Waals surface area contributed by atoms with Crippen molar-refractivity contribution >= 4 is 26.4 Å². The lowest BCUT2D eigenvalue weighted by atomic mass is 10.2. The van der Waals surface area contributed by atoms with E-state index in [0.717, 1.165) is 0 Å². The van der Waals surface area contributed by atoms with Crippen LogP contribution in [0.1, 0.15) is 19.3 Å². The Kier molecular flexibility index (Phi) is 26.8. The number of nitrogens with zero attached hydrogens (tertiary/aromatic N) is 1. The highest BCUT2D eigenvalue weighted by Gasteiger charge is 2.38. The Morgan fingerprint density at radius 2 is 0.630 bits per heavy atom. The summed E-state index contributed by atoms with van der Waals surface area (Å²) in [7, 11) is 5.98. The molecule has 0 spiro atoms. The molecule has 0 heterocycles. The monoisotopic (exact) mass is 725 g/mol. The Bertz CT molecular complexity index is 594. The van der Waals surface area contributed by atoms with Crippen molar-refractivity contribution in [3.8, 4) is 0 Å². The second-order valence-corrected chi connectivity index (χ2v) is 19.9. The molecule has 0 bridgehead atoms. The highest BCUT2D eigenvalue weighted by molar-refractivity contribution is 6.61. The second-order valence-electron chi connectivity index (χ2n) is 10.6. The first-order valence-electron chi connectivity index (χ1n) is 15.5. The first-order valence-corrected chi connectivity index (χ1v) is 21.3. The van der Waals surface area contributed by atoms with Gasteiger partial charge in [0.2, 0.25) is 0 Å². The van der Waals surface area contributed by atoms with E-state index in [4.69, 9.17) is 54.0 Å². The molecule has 3 N–H and O–H groups in total. The van der Waals surface area contributed by atoms with Crippen molar-refractivity contribution in [2.75, 3.05) is 123 Å². The van der Waals surface area contributed by atoms with Gasteiger partial charge in [0, 0.05) is 122 Å². The number of ether oxygens (including phenoxy) is 3. The van der Waals surface area contributed by atoms with E-state index in [0.29, 0.717) is 57.2 Å². The molecule has 0 aromatic heterocycles. The topological polar surface area (TPSA) is 175 Å². The van der Waals surface area contributed by atoms with Crippen LogP contribution in [0.25, 0.3) is 0 Å². The van der Waals surface area contributed by atoms with E-state index < -0.39 is 44.7 Å². The minimum Gasteiger partial charge on any atom is -0.389 e. The summed E-state index contributed by atoms with van der Waals surface area (Å²) in [5, 5.41) is 32.1. The molecule has 0 aromatic carbocycles. The molecule has 0 rings (SSSR count). The quantitative estimate of drug-likeness (QED) is 0.0619. The molecule has 0 saturated heterocycles. The molecule has 3 atom stereocenters. The van der Waals surface area contributed by atoms with Crippen LogP contribution in [-0.4, -0.2) is 188 Å². The van der Waals surface area contributed by atoms with Gasteiger partial charge in [-0.3, -0.25) is 4.90 Å².